The Balaban J connectivity index is 1.60. The molecule has 0 aliphatic heterocycles. The summed E-state index contributed by atoms with van der Waals surface area (Å²) in [6.07, 6.45) is 0.977. The van der Waals surface area contributed by atoms with Crippen LogP contribution < -0.4 is 4.90 Å². The van der Waals surface area contributed by atoms with Gasteiger partial charge in [0, 0.05) is 18.8 Å². The molecule has 4 rings (SSSR count). The maximum absolute atomic E-state index is 2.46. The van der Waals surface area contributed by atoms with Crippen LogP contribution in [0, 0.1) is 6.92 Å². The van der Waals surface area contributed by atoms with Crippen molar-refractivity contribution in [1.29, 1.82) is 0 Å². The summed E-state index contributed by atoms with van der Waals surface area (Å²) in [5, 5.41) is 0. The molecule has 0 saturated heterocycles. The van der Waals surface area contributed by atoms with E-state index >= 15 is 0 Å². The van der Waals surface area contributed by atoms with E-state index in [0.717, 1.165) is 19.5 Å². The zero-order valence-corrected chi connectivity index (χ0v) is 17.0. The molecular weight excluding hydrogens is 350 g/mol. The van der Waals surface area contributed by atoms with Gasteiger partial charge in [0.05, 0.1) is 0 Å². The largest absolute Gasteiger partial charge is 0.363 e. The van der Waals surface area contributed by atoms with Gasteiger partial charge in [0.2, 0.25) is 0 Å². The normalized spacial score (nSPS) is 10.7. The SMILES string of the molecule is Cc1cc(N(Cc2ccccc2)Cc2ccccc2)ccc1Cc1ccccc1. The van der Waals surface area contributed by atoms with Gasteiger partial charge < -0.3 is 4.90 Å². The number of nitrogens with zero attached hydrogens (tertiary/aromatic N) is 1. The highest BCUT2D eigenvalue weighted by molar-refractivity contribution is 5.52. The summed E-state index contributed by atoms with van der Waals surface area (Å²) in [5.74, 6) is 0. The Kier molecular flexibility index (Phi) is 6.07. The first-order chi connectivity index (χ1) is 14.3. The minimum Gasteiger partial charge on any atom is -0.363 e. The fourth-order valence-corrected chi connectivity index (χ4v) is 3.74. The van der Waals surface area contributed by atoms with E-state index in [9.17, 15) is 0 Å². The molecule has 0 fully saturated rings. The lowest BCUT2D eigenvalue weighted by Gasteiger charge is -2.26. The molecule has 0 N–H and O–H groups in total. The van der Waals surface area contributed by atoms with Crippen LogP contribution in [0.4, 0.5) is 5.69 Å². The first kappa shape index (κ1) is 19.0. The van der Waals surface area contributed by atoms with Crippen molar-refractivity contribution in [2.75, 3.05) is 4.90 Å². The van der Waals surface area contributed by atoms with Crippen LogP contribution in [0.25, 0.3) is 0 Å². The molecule has 0 spiro atoms. The third-order valence-electron chi connectivity index (χ3n) is 5.36. The summed E-state index contributed by atoms with van der Waals surface area (Å²) in [5.41, 5.74) is 8.02. The van der Waals surface area contributed by atoms with Crippen molar-refractivity contribution in [1.82, 2.24) is 0 Å². The first-order valence-electron chi connectivity index (χ1n) is 10.2. The van der Waals surface area contributed by atoms with Crippen molar-refractivity contribution in [3.8, 4) is 0 Å². The number of hydrogen-bond donors (Lipinski definition) is 0. The van der Waals surface area contributed by atoms with Crippen LogP contribution in [0.15, 0.2) is 109 Å². The molecule has 0 atom stereocenters. The molecule has 0 bridgehead atoms. The topological polar surface area (TPSA) is 3.24 Å². The highest BCUT2D eigenvalue weighted by atomic mass is 15.1. The summed E-state index contributed by atoms with van der Waals surface area (Å²) in [4.78, 5) is 2.46. The molecule has 144 valence electrons. The Morgan fingerprint density at radius 3 is 1.52 bits per heavy atom. The van der Waals surface area contributed by atoms with E-state index in [-0.39, 0.29) is 0 Å². The van der Waals surface area contributed by atoms with Crippen LogP contribution in [-0.2, 0) is 19.5 Å². The van der Waals surface area contributed by atoms with E-state index in [2.05, 4.69) is 121 Å². The number of hydrogen-bond acceptors (Lipinski definition) is 1. The lowest BCUT2D eigenvalue weighted by molar-refractivity contribution is 0.799. The maximum atomic E-state index is 2.46. The van der Waals surface area contributed by atoms with Gasteiger partial charge in [-0.15, -0.1) is 0 Å². The van der Waals surface area contributed by atoms with Crippen LogP contribution in [-0.4, -0.2) is 0 Å². The molecule has 0 amide bonds. The molecule has 0 heterocycles. The minimum absolute atomic E-state index is 0.896. The molecule has 0 radical (unpaired) electrons. The van der Waals surface area contributed by atoms with Gasteiger partial charge in [-0.2, -0.15) is 0 Å². The van der Waals surface area contributed by atoms with Gasteiger partial charge in [-0.05, 0) is 53.3 Å². The summed E-state index contributed by atoms with van der Waals surface area (Å²) in [7, 11) is 0. The standard InChI is InChI=1S/C28H27N/c1-23-19-28(18-17-27(23)20-24-11-5-2-6-12-24)29(21-25-13-7-3-8-14-25)22-26-15-9-4-10-16-26/h2-19H,20-22H2,1H3. The second-order valence-electron chi connectivity index (χ2n) is 7.60. The van der Waals surface area contributed by atoms with Crippen molar-refractivity contribution < 1.29 is 0 Å². The predicted octanol–water partition coefficient (Wildman–Crippen LogP) is 6.79. The lowest BCUT2D eigenvalue weighted by atomic mass is 9.99. The van der Waals surface area contributed by atoms with E-state index in [4.69, 9.17) is 0 Å². The van der Waals surface area contributed by atoms with E-state index in [1.807, 2.05) is 0 Å². The molecule has 29 heavy (non-hydrogen) atoms. The summed E-state index contributed by atoms with van der Waals surface area (Å²) in [6, 6.07) is 39.0. The minimum atomic E-state index is 0.896. The molecule has 4 aromatic carbocycles. The zero-order chi connectivity index (χ0) is 19.9. The van der Waals surface area contributed by atoms with E-state index < -0.39 is 0 Å². The molecule has 0 aromatic heterocycles. The van der Waals surface area contributed by atoms with Gasteiger partial charge >= 0.3 is 0 Å². The number of rotatable bonds is 7. The third kappa shape index (κ3) is 5.14. The Labute approximate surface area is 174 Å². The summed E-state index contributed by atoms with van der Waals surface area (Å²) >= 11 is 0. The van der Waals surface area contributed by atoms with Crippen LogP contribution in [0.3, 0.4) is 0 Å². The molecule has 4 aromatic rings. The monoisotopic (exact) mass is 377 g/mol. The molecule has 0 unspecified atom stereocenters. The summed E-state index contributed by atoms with van der Waals surface area (Å²) in [6.45, 7) is 4.02. The highest BCUT2D eigenvalue weighted by Gasteiger charge is 2.11. The van der Waals surface area contributed by atoms with E-state index in [1.54, 1.807) is 0 Å². The quantitative estimate of drug-likeness (QED) is 0.343. The van der Waals surface area contributed by atoms with Crippen LogP contribution in [0.5, 0.6) is 0 Å². The molecule has 0 aliphatic carbocycles. The maximum Gasteiger partial charge on any atom is 0.0433 e. The number of benzene rings is 4. The fraction of sp³-hybridized carbons (Fsp3) is 0.143. The van der Waals surface area contributed by atoms with Crippen LogP contribution in [0.2, 0.25) is 0 Å². The zero-order valence-electron chi connectivity index (χ0n) is 17.0. The second kappa shape index (κ2) is 9.25. The molecule has 0 aliphatic rings. The van der Waals surface area contributed by atoms with E-state index in [1.165, 1.54) is 33.5 Å². The molecule has 1 heteroatoms. The fourth-order valence-electron chi connectivity index (χ4n) is 3.74. The number of anilines is 1. The molecular formula is C28H27N. The van der Waals surface area contributed by atoms with Crippen molar-refractivity contribution in [3.63, 3.8) is 0 Å². The average molecular weight is 378 g/mol. The van der Waals surface area contributed by atoms with Gasteiger partial charge in [-0.1, -0.05) is 97.1 Å². The molecule has 0 saturated carbocycles. The Hall–Kier alpha value is -3.32. The smallest absolute Gasteiger partial charge is 0.0433 e. The van der Waals surface area contributed by atoms with Crippen molar-refractivity contribution in [3.05, 3.63) is 137 Å². The first-order valence-corrected chi connectivity index (χ1v) is 10.2. The predicted molar refractivity (Wildman–Crippen MR) is 123 cm³/mol. The van der Waals surface area contributed by atoms with Crippen LogP contribution >= 0.6 is 0 Å². The van der Waals surface area contributed by atoms with Gasteiger partial charge in [-0.3, -0.25) is 0 Å². The Morgan fingerprint density at radius 2 is 1.03 bits per heavy atom. The highest BCUT2D eigenvalue weighted by Crippen LogP contribution is 2.25. The van der Waals surface area contributed by atoms with Crippen molar-refractivity contribution >= 4 is 5.69 Å². The van der Waals surface area contributed by atoms with Crippen molar-refractivity contribution in [2.24, 2.45) is 0 Å². The van der Waals surface area contributed by atoms with Gasteiger partial charge in [-0.25, -0.2) is 0 Å². The van der Waals surface area contributed by atoms with Gasteiger partial charge in [0.25, 0.3) is 0 Å². The third-order valence-corrected chi connectivity index (χ3v) is 5.36. The number of aryl methyl sites for hydroxylation is 1. The molecule has 1 nitrogen and oxygen atoms in total. The lowest BCUT2D eigenvalue weighted by Crippen LogP contribution is -2.22. The second-order valence-corrected chi connectivity index (χ2v) is 7.60. The Morgan fingerprint density at radius 1 is 0.552 bits per heavy atom. The Bertz CT molecular complexity index is 982. The average Bonchev–Trinajstić information content (AvgIpc) is 2.77. The summed E-state index contributed by atoms with van der Waals surface area (Å²) < 4.78 is 0. The van der Waals surface area contributed by atoms with Gasteiger partial charge in [0.15, 0.2) is 0 Å². The van der Waals surface area contributed by atoms with Gasteiger partial charge in [0.1, 0.15) is 0 Å². The van der Waals surface area contributed by atoms with E-state index in [0.29, 0.717) is 0 Å². The van der Waals surface area contributed by atoms with Crippen LogP contribution in [0.1, 0.15) is 27.8 Å². The van der Waals surface area contributed by atoms with Crippen molar-refractivity contribution in [2.45, 2.75) is 26.4 Å².